The summed E-state index contributed by atoms with van der Waals surface area (Å²) in [6.45, 7) is 3.84. The second-order valence-corrected chi connectivity index (χ2v) is 7.91. The molecule has 3 N–H and O–H groups in total. The predicted octanol–water partition coefficient (Wildman–Crippen LogP) is 0.445. The quantitative estimate of drug-likeness (QED) is 0.481. The van der Waals surface area contributed by atoms with Crippen LogP contribution in [-0.2, 0) is 21.2 Å². The molecular formula is C19H28N2O6S. The molecule has 28 heavy (non-hydrogen) atoms. The van der Waals surface area contributed by atoms with Crippen molar-refractivity contribution in [1.29, 1.82) is 0 Å². The molecule has 0 aliphatic heterocycles. The van der Waals surface area contributed by atoms with Gasteiger partial charge in [-0.05, 0) is 31.0 Å². The van der Waals surface area contributed by atoms with Gasteiger partial charge in [0.05, 0.1) is 19.5 Å². The van der Waals surface area contributed by atoms with Crippen LogP contribution in [0.25, 0.3) is 0 Å². The lowest BCUT2D eigenvalue weighted by atomic mass is 10.1. The molecule has 0 heterocycles. The summed E-state index contributed by atoms with van der Waals surface area (Å²) in [6, 6.07) is 4.17. The maximum absolute atomic E-state index is 12.1. The number of ether oxygens (including phenoxy) is 2. The molecular weight excluding hydrogens is 384 g/mol. The molecule has 9 heteroatoms. The smallest absolute Gasteiger partial charge is 0.240 e. The highest BCUT2D eigenvalue weighted by molar-refractivity contribution is 7.88. The first-order chi connectivity index (χ1) is 13.2. The number of rotatable bonds is 10. The van der Waals surface area contributed by atoms with Gasteiger partial charge < -0.3 is 19.9 Å². The van der Waals surface area contributed by atoms with Gasteiger partial charge in [-0.3, -0.25) is 4.79 Å². The molecule has 8 nitrogen and oxygen atoms in total. The lowest BCUT2D eigenvalue weighted by Gasteiger charge is -2.19. The van der Waals surface area contributed by atoms with Crippen molar-refractivity contribution in [2.75, 3.05) is 26.5 Å². The largest absolute Gasteiger partial charge is 0.493 e. The van der Waals surface area contributed by atoms with Crippen LogP contribution in [0.1, 0.15) is 25.8 Å². The third-order valence-corrected chi connectivity index (χ3v) is 4.33. The van der Waals surface area contributed by atoms with Crippen molar-refractivity contribution < 1.29 is 27.8 Å². The van der Waals surface area contributed by atoms with E-state index >= 15 is 0 Å². The highest BCUT2D eigenvalue weighted by Gasteiger charge is 2.26. The van der Waals surface area contributed by atoms with Crippen molar-refractivity contribution in [3.05, 3.63) is 23.8 Å². The van der Waals surface area contributed by atoms with Gasteiger partial charge in [0.2, 0.25) is 15.9 Å². The highest BCUT2D eigenvalue weighted by Crippen LogP contribution is 2.28. The van der Waals surface area contributed by atoms with Gasteiger partial charge >= 0.3 is 0 Å². The number of hydrogen-bond donors (Lipinski definition) is 3. The Balaban J connectivity index is 2.65. The summed E-state index contributed by atoms with van der Waals surface area (Å²) in [5.74, 6) is 6.35. The van der Waals surface area contributed by atoms with E-state index in [1.54, 1.807) is 12.1 Å². The second kappa shape index (κ2) is 11.5. The van der Waals surface area contributed by atoms with Crippen molar-refractivity contribution in [2.24, 2.45) is 0 Å². The first-order valence-corrected chi connectivity index (χ1v) is 10.8. The number of methoxy groups -OCH3 is 1. The molecule has 0 fully saturated rings. The monoisotopic (exact) mass is 412 g/mol. The molecule has 0 aromatic heterocycles. The van der Waals surface area contributed by atoms with Crippen LogP contribution in [0, 0.1) is 11.8 Å². The number of hydrogen-bond acceptors (Lipinski definition) is 6. The zero-order chi connectivity index (χ0) is 21.2. The first kappa shape index (κ1) is 23.8. The number of benzene rings is 1. The molecule has 0 saturated heterocycles. The average molecular weight is 413 g/mol. The van der Waals surface area contributed by atoms with Crippen LogP contribution in [0.15, 0.2) is 18.2 Å². The zero-order valence-corrected chi connectivity index (χ0v) is 17.4. The van der Waals surface area contributed by atoms with Crippen LogP contribution >= 0.6 is 0 Å². The van der Waals surface area contributed by atoms with E-state index in [1.807, 2.05) is 13.0 Å². The second-order valence-electron chi connectivity index (χ2n) is 6.13. The number of sulfonamides is 1. The maximum Gasteiger partial charge on any atom is 0.240 e. The van der Waals surface area contributed by atoms with Gasteiger partial charge in [0.15, 0.2) is 11.5 Å². The van der Waals surface area contributed by atoms with Gasteiger partial charge in [-0.1, -0.05) is 18.9 Å². The predicted molar refractivity (Wildman–Crippen MR) is 107 cm³/mol. The molecule has 0 aliphatic carbocycles. The van der Waals surface area contributed by atoms with Crippen molar-refractivity contribution in [3.8, 4) is 23.3 Å². The number of aliphatic hydroxyl groups is 1. The van der Waals surface area contributed by atoms with Crippen LogP contribution < -0.4 is 19.5 Å². The van der Waals surface area contributed by atoms with E-state index in [9.17, 15) is 18.3 Å². The van der Waals surface area contributed by atoms with E-state index in [-0.39, 0.29) is 13.2 Å². The van der Waals surface area contributed by atoms with E-state index in [2.05, 4.69) is 21.9 Å². The van der Waals surface area contributed by atoms with Crippen LogP contribution in [0.4, 0.5) is 0 Å². The lowest BCUT2D eigenvalue weighted by Crippen LogP contribution is -2.52. The average Bonchev–Trinajstić information content (AvgIpc) is 2.62. The topological polar surface area (TPSA) is 114 Å². The Bertz CT molecular complexity index is 811. The molecule has 1 aromatic rings. The SMILES string of the molecule is CCC#CCOc1ccc(CCNC(=O)[C@@H](NS(C)(=O)=O)C(C)O)cc1OC. The Morgan fingerprint density at radius 3 is 2.57 bits per heavy atom. The third kappa shape index (κ3) is 8.61. The summed E-state index contributed by atoms with van der Waals surface area (Å²) >= 11 is 0. The summed E-state index contributed by atoms with van der Waals surface area (Å²) < 4.78 is 35.7. The minimum Gasteiger partial charge on any atom is -0.493 e. The number of carbonyl (C=O) groups is 1. The standard InChI is InChI=1S/C19H28N2O6S/c1-5-6-7-12-27-16-9-8-15(13-17(16)26-3)10-11-20-19(23)18(14(2)22)21-28(4,24)25/h8-9,13-14,18,21-22H,5,10-12H2,1-4H3,(H,20,23)/t14?,18-/m0/s1. The molecule has 156 valence electrons. The van der Waals surface area contributed by atoms with Crippen LogP contribution in [0.2, 0.25) is 0 Å². The molecule has 0 aliphatic rings. The summed E-state index contributed by atoms with van der Waals surface area (Å²) in [5, 5.41) is 12.3. The van der Waals surface area contributed by atoms with Crippen LogP contribution in [-0.4, -0.2) is 58.1 Å². The van der Waals surface area contributed by atoms with Gasteiger partial charge in [-0.15, -0.1) is 5.92 Å². The van der Waals surface area contributed by atoms with E-state index in [4.69, 9.17) is 9.47 Å². The maximum atomic E-state index is 12.1. The van der Waals surface area contributed by atoms with Gasteiger partial charge in [0.1, 0.15) is 12.6 Å². The van der Waals surface area contributed by atoms with Gasteiger partial charge in [0, 0.05) is 13.0 Å². The Morgan fingerprint density at radius 2 is 2.00 bits per heavy atom. The van der Waals surface area contributed by atoms with E-state index in [1.165, 1.54) is 14.0 Å². The number of amides is 1. The minimum atomic E-state index is -3.63. The number of carbonyl (C=O) groups excluding carboxylic acids is 1. The van der Waals surface area contributed by atoms with Crippen LogP contribution in [0.3, 0.4) is 0 Å². The van der Waals surface area contributed by atoms with Gasteiger partial charge in [0.25, 0.3) is 0 Å². The molecule has 2 atom stereocenters. The van der Waals surface area contributed by atoms with Crippen molar-refractivity contribution in [2.45, 2.75) is 38.8 Å². The van der Waals surface area contributed by atoms with Crippen LogP contribution in [0.5, 0.6) is 11.5 Å². The molecule has 1 aromatic carbocycles. The van der Waals surface area contributed by atoms with Crippen molar-refractivity contribution in [3.63, 3.8) is 0 Å². The van der Waals surface area contributed by atoms with Crippen molar-refractivity contribution >= 4 is 15.9 Å². The number of aliphatic hydroxyl groups excluding tert-OH is 1. The summed E-state index contributed by atoms with van der Waals surface area (Å²) in [7, 11) is -2.09. The van der Waals surface area contributed by atoms with E-state index in [0.717, 1.165) is 18.2 Å². The number of nitrogens with one attached hydrogen (secondary N) is 2. The molecule has 0 saturated carbocycles. The molecule has 1 amide bonds. The normalized spacial score (nSPS) is 13.0. The highest BCUT2D eigenvalue weighted by atomic mass is 32.2. The third-order valence-electron chi connectivity index (χ3n) is 3.65. The summed E-state index contributed by atoms with van der Waals surface area (Å²) in [5.41, 5.74) is 0.897. The van der Waals surface area contributed by atoms with Gasteiger partial charge in [-0.2, -0.15) is 0 Å². The fourth-order valence-electron chi connectivity index (χ4n) is 2.32. The Hall–Kier alpha value is -2.28. The van der Waals surface area contributed by atoms with E-state index < -0.39 is 28.1 Å². The van der Waals surface area contributed by atoms with Crippen molar-refractivity contribution in [1.82, 2.24) is 10.0 Å². The molecule has 1 unspecified atom stereocenters. The molecule has 0 radical (unpaired) electrons. The lowest BCUT2D eigenvalue weighted by molar-refractivity contribution is -0.124. The minimum absolute atomic E-state index is 0.263. The Labute approximate surface area is 166 Å². The molecule has 0 spiro atoms. The zero-order valence-electron chi connectivity index (χ0n) is 16.6. The Kier molecular flexibility index (Phi) is 9.79. The Morgan fingerprint density at radius 1 is 1.29 bits per heavy atom. The summed E-state index contributed by atoms with van der Waals surface area (Å²) in [4.78, 5) is 12.1. The fraction of sp³-hybridized carbons (Fsp3) is 0.526. The van der Waals surface area contributed by atoms with Gasteiger partial charge in [-0.25, -0.2) is 13.1 Å². The first-order valence-electron chi connectivity index (χ1n) is 8.86. The fourth-order valence-corrected chi connectivity index (χ4v) is 3.08. The molecule has 0 bridgehead atoms. The summed E-state index contributed by atoms with van der Waals surface area (Å²) in [6.07, 6.45) is 1.02. The molecule has 1 rings (SSSR count). The van der Waals surface area contributed by atoms with E-state index in [0.29, 0.717) is 17.9 Å².